The van der Waals surface area contributed by atoms with Crippen molar-refractivity contribution in [1.82, 2.24) is 20.8 Å². The SMILES string of the molecule is C[C@H]1CCCC[C@@H]1NC(=O)NC(=O)COC(=O)c1n[nH]c(=O)c2ccccc12. The fraction of sp³-hybridized carbons (Fsp3) is 0.421. The number of fused-ring (bicyclic) bond motifs is 1. The number of aromatic nitrogens is 2. The number of nitrogens with one attached hydrogen (secondary N) is 3. The van der Waals surface area contributed by atoms with Gasteiger partial charge in [0, 0.05) is 11.4 Å². The first-order chi connectivity index (χ1) is 13.5. The molecule has 148 valence electrons. The number of amides is 3. The Kier molecular flexibility index (Phi) is 6.03. The van der Waals surface area contributed by atoms with Gasteiger partial charge in [-0.05, 0) is 24.8 Å². The molecule has 1 heterocycles. The summed E-state index contributed by atoms with van der Waals surface area (Å²) in [5, 5.41) is 11.5. The quantitative estimate of drug-likeness (QED) is 0.683. The maximum atomic E-state index is 12.2. The Bertz CT molecular complexity index is 955. The average molecular weight is 386 g/mol. The van der Waals surface area contributed by atoms with Crippen LogP contribution in [0, 0.1) is 5.92 Å². The number of rotatable bonds is 4. The number of hydrogen-bond acceptors (Lipinski definition) is 6. The van der Waals surface area contributed by atoms with Gasteiger partial charge in [0.25, 0.3) is 11.5 Å². The normalized spacial score (nSPS) is 19.0. The summed E-state index contributed by atoms with van der Waals surface area (Å²) in [6.45, 7) is 1.43. The minimum absolute atomic E-state index is 0.0285. The summed E-state index contributed by atoms with van der Waals surface area (Å²) in [7, 11) is 0. The Morgan fingerprint density at radius 3 is 2.64 bits per heavy atom. The molecule has 3 rings (SSSR count). The van der Waals surface area contributed by atoms with Crippen LogP contribution in [-0.2, 0) is 9.53 Å². The highest BCUT2D eigenvalue weighted by Gasteiger charge is 2.24. The molecule has 0 bridgehead atoms. The molecule has 0 aliphatic heterocycles. The summed E-state index contributed by atoms with van der Waals surface area (Å²) >= 11 is 0. The molecule has 9 nitrogen and oxygen atoms in total. The third-order valence-electron chi connectivity index (χ3n) is 4.90. The van der Waals surface area contributed by atoms with Gasteiger partial charge in [-0.3, -0.25) is 14.9 Å². The predicted octanol–water partition coefficient (Wildman–Crippen LogP) is 1.48. The van der Waals surface area contributed by atoms with Gasteiger partial charge in [0.2, 0.25) is 0 Å². The van der Waals surface area contributed by atoms with Crippen molar-refractivity contribution in [3.8, 4) is 0 Å². The zero-order chi connectivity index (χ0) is 20.1. The third kappa shape index (κ3) is 4.54. The minimum Gasteiger partial charge on any atom is -0.451 e. The lowest BCUT2D eigenvalue weighted by Crippen LogP contribution is -2.48. The molecule has 0 spiro atoms. The maximum absolute atomic E-state index is 12.2. The van der Waals surface area contributed by atoms with Crippen LogP contribution in [0.15, 0.2) is 29.1 Å². The van der Waals surface area contributed by atoms with Gasteiger partial charge >= 0.3 is 12.0 Å². The fourth-order valence-corrected chi connectivity index (χ4v) is 3.37. The van der Waals surface area contributed by atoms with Crippen molar-refractivity contribution >= 4 is 28.7 Å². The minimum atomic E-state index is -0.871. The van der Waals surface area contributed by atoms with Crippen molar-refractivity contribution < 1.29 is 19.1 Å². The van der Waals surface area contributed by atoms with Gasteiger partial charge in [0.05, 0.1) is 5.39 Å². The molecule has 2 atom stereocenters. The van der Waals surface area contributed by atoms with E-state index < -0.39 is 30.1 Å². The Labute approximate surface area is 160 Å². The molecule has 1 aliphatic carbocycles. The van der Waals surface area contributed by atoms with Crippen molar-refractivity contribution in [2.45, 2.75) is 38.6 Å². The van der Waals surface area contributed by atoms with Crippen LogP contribution >= 0.6 is 0 Å². The first-order valence-corrected chi connectivity index (χ1v) is 9.20. The predicted molar refractivity (Wildman–Crippen MR) is 101 cm³/mol. The van der Waals surface area contributed by atoms with Crippen molar-refractivity contribution in [2.75, 3.05) is 6.61 Å². The van der Waals surface area contributed by atoms with Crippen LogP contribution in [0.2, 0.25) is 0 Å². The van der Waals surface area contributed by atoms with Gasteiger partial charge < -0.3 is 10.1 Å². The van der Waals surface area contributed by atoms with Crippen LogP contribution in [0.5, 0.6) is 0 Å². The van der Waals surface area contributed by atoms with Crippen molar-refractivity contribution in [2.24, 2.45) is 5.92 Å². The van der Waals surface area contributed by atoms with Gasteiger partial charge in [0.15, 0.2) is 12.3 Å². The molecule has 0 saturated heterocycles. The molecule has 28 heavy (non-hydrogen) atoms. The second kappa shape index (κ2) is 8.64. The summed E-state index contributed by atoms with van der Waals surface area (Å²) in [5.41, 5.74) is -0.540. The van der Waals surface area contributed by atoms with Crippen LogP contribution in [0.1, 0.15) is 43.1 Å². The topological polar surface area (TPSA) is 130 Å². The number of esters is 1. The Morgan fingerprint density at radius 2 is 1.89 bits per heavy atom. The van der Waals surface area contributed by atoms with E-state index in [1.54, 1.807) is 24.3 Å². The average Bonchev–Trinajstić information content (AvgIpc) is 2.68. The Morgan fingerprint density at radius 1 is 1.18 bits per heavy atom. The standard InChI is InChI=1S/C19H22N4O5/c1-11-6-2-5-9-14(11)20-19(27)21-15(24)10-28-18(26)16-12-7-3-4-8-13(12)17(25)23-22-16/h3-4,7-8,11,14H,2,5-6,9-10H2,1H3,(H,23,25)(H2,20,21,24,27)/t11-,14-/m0/s1. The highest BCUT2D eigenvalue weighted by Crippen LogP contribution is 2.23. The van der Waals surface area contributed by atoms with Crippen molar-refractivity contribution in [1.29, 1.82) is 0 Å². The van der Waals surface area contributed by atoms with E-state index in [2.05, 4.69) is 27.8 Å². The number of H-pyrrole nitrogens is 1. The molecule has 1 aromatic carbocycles. The van der Waals surface area contributed by atoms with Gasteiger partial charge in [-0.25, -0.2) is 14.7 Å². The smallest absolute Gasteiger partial charge is 0.359 e. The summed E-state index contributed by atoms with van der Waals surface area (Å²) in [6.07, 6.45) is 4.10. The van der Waals surface area contributed by atoms with Crippen LogP contribution < -0.4 is 16.2 Å². The van der Waals surface area contributed by atoms with Crippen LogP contribution in [-0.4, -0.2) is 40.8 Å². The van der Waals surface area contributed by atoms with E-state index in [4.69, 9.17) is 4.74 Å². The first-order valence-electron chi connectivity index (χ1n) is 9.20. The molecule has 2 aromatic rings. The highest BCUT2D eigenvalue weighted by molar-refractivity contribution is 6.03. The summed E-state index contributed by atoms with van der Waals surface area (Å²) < 4.78 is 4.93. The Hall–Kier alpha value is -3.23. The summed E-state index contributed by atoms with van der Waals surface area (Å²) in [6, 6.07) is 5.85. The number of urea groups is 1. The Balaban J connectivity index is 1.55. The zero-order valence-corrected chi connectivity index (χ0v) is 15.5. The maximum Gasteiger partial charge on any atom is 0.359 e. The number of imide groups is 1. The number of carbonyl (C=O) groups is 3. The summed E-state index contributed by atoms with van der Waals surface area (Å²) in [4.78, 5) is 47.8. The molecular formula is C19H22N4O5. The van der Waals surface area contributed by atoms with E-state index in [1.807, 2.05) is 0 Å². The van der Waals surface area contributed by atoms with E-state index in [1.165, 1.54) is 0 Å². The van der Waals surface area contributed by atoms with E-state index in [0.29, 0.717) is 11.3 Å². The number of carbonyl (C=O) groups excluding carboxylic acids is 3. The number of aromatic amines is 1. The number of ether oxygens (including phenoxy) is 1. The molecule has 0 unspecified atom stereocenters. The molecule has 1 saturated carbocycles. The highest BCUT2D eigenvalue weighted by atomic mass is 16.5. The molecule has 9 heteroatoms. The largest absolute Gasteiger partial charge is 0.451 e. The van der Waals surface area contributed by atoms with E-state index >= 15 is 0 Å². The first kappa shape index (κ1) is 19.5. The number of benzene rings is 1. The molecule has 0 radical (unpaired) electrons. The van der Waals surface area contributed by atoms with E-state index in [9.17, 15) is 19.2 Å². The number of nitrogens with zero attached hydrogens (tertiary/aromatic N) is 1. The van der Waals surface area contributed by atoms with Gasteiger partial charge in [-0.15, -0.1) is 0 Å². The lowest BCUT2D eigenvalue weighted by molar-refractivity contribution is -0.123. The molecule has 1 aromatic heterocycles. The number of hydrogen-bond donors (Lipinski definition) is 3. The van der Waals surface area contributed by atoms with Crippen molar-refractivity contribution in [3.05, 3.63) is 40.3 Å². The molecule has 1 aliphatic rings. The molecule has 3 N–H and O–H groups in total. The van der Waals surface area contributed by atoms with Crippen LogP contribution in [0.25, 0.3) is 10.8 Å². The van der Waals surface area contributed by atoms with E-state index in [0.717, 1.165) is 25.7 Å². The molecule has 1 fully saturated rings. The van der Waals surface area contributed by atoms with Gasteiger partial charge in [0.1, 0.15) is 0 Å². The second-order valence-corrected chi connectivity index (χ2v) is 6.91. The van der Waals surface area contributed by atoms with Gasteiger partial charge in [-0.1, -0.05) is 38.0 Å². The van der Waals surface area contributed by atoms with E-state index in [-0.39, 0.29) is 17.1 Å². The lowest BCUT2D eigenvalue weighted by Gasteiger charge is -2.29. The third-order valence-corrected chi connectivity index (χ3v) is 4.90. The molecular weight excluding hydrogens is 364 g/mol. The summed E-state index contributed by atoms with van der Waals surface area (Å²) in [5.74, 6) is -1.26. The van der Waals surface area contributed by atoms with Crippen LogP contribution in [0.3, 0.4) is 0 Å². The fourth-order valence-electron chi connectivity index (χ4n) is 3.37. The molecule has 3 amide bonds. The van der Waals surface area contributed by atoms with Crippen molar-refractivity contribution in [3.63, 3.8) is 0 Å². The van der Waals surface area contributed by atoms with Crippen LogP contribution in [0.4, 0.5) is 4.79 Å². The lowest BCUT2D eigenvalue weighted by atomic mass is 9.86. The zero-order valence-electron chi connectivity index (χ0n) is 15.5. The van der Waals surface area contributed by atoms with Gasteiger partial charge in [-0.2, -0.15) is 5.10 Å². The monoisotopic (exact) mass is 386 g/mol. The second-order valence-electron chi connectivity index (χ2n) is 6.91.